The number of likely N-dealkylation sites (tertiary alicyclic amines) is 1. The lowest BCUT2D eigenvalue weighted by molar-refractivity contribution is 0.0767. The Bertz CT molecular complexity index is 404. The highest BCUT2D eigenvalue weighted by Gasteiger charge is 2.31. The summed E-state index contributed by atoms with van der Waals surface area (Å²) in [6.45, 7) is 6.01. The maximum absolute atomic E-state index is 12.2. The molecule has 0 saturated carbocycles. The third-order valence-corrected chi connectivity index (χ3v) is 3.85. The average Bonchev–Trinajstić information content (AvgIpc) is 3.10. The van der Waals surface area contributed by atoms with Gasteiger partial charge in [-0.3, -0.25) is 14.8 Å². The number of H-pyrrole nitrogens is 1. The molecule has 3 rings (SSSR count). The van der Waals surface area contributed by atoms with E-state index in [1.54, 1.807) is 12.3 Å². The molecule has 6 nitrogen and oxygen atoms in total. The zero-order valence-electron chi connectivity index (χ0n) is 10.8. The highest BCUT2D eigenvalue weighted by molar-refractivity contribution is 5.92. The molecule has 2 N–H and O–H groups in total. The fourth-order valence-electron chi connectivity index (χ4n) is 2.82. The molecule has 19 heavy (non-hydrogen) atoms. The minimum absolute atomic E-state index is 0. The third kappa shape index (κ3) is 3.08. The van der Waals surface area contributed by atoms with Crippen LogP contribution in [0.15, 0.2) is 12.3 Å². The molecule has 2 aliphatic heterocycles. The van der Waals surface area contributed by atoms with Gasteiger partial charge in [0.1, 0.15) is 5.69 Å². The topological polar surface area (TPSA) is 64.3 Å². The summed E-state index contributed by atoms with van der Waals surface area (Å²) in [5, 5.41) is 9.93. The van der Waals surface area contributed by atoms with Crippen LogP contribution in [0.5, 0.6) is 0 Å². The minimum Gasteiger partial charge on any atom is -0.336 e. The van der Waals surface area contributed by atoms with Crippen molar-refractivity contribution < 1.29 is 4.79 Å². The highest BCUT2D eigenvalue weighted by atomic mass is 35.5. The van der Waals surface area contributed by atoms with Gasteiger partial charge in [-0.2, -0.15) is 5.10 Å². The zero-order chi connectivity index (χ0) is 12.4. The number of rotatable bonds is 2. The number of halogens is 1. The van der Waals surface area contributed by atoms with Crippen molar-refractivity contribution in [2.75, 3.05) is 39.3 Å². The number of carbonyl (C=O) groups excluding carboxylic acids is 1. The Labute approximate surface area is 118 Å². The van der Waals surface area contributed by atoms with Gasteiger partial charge in [-0.25, -0.2) is 0 Å². The van der Waals surface area contributed by atoms with E-state index in [9.17, 15) is 4.79 Å². The summed E-state index contributed by atoms with van der Waals surface area (Å²) in [5.41, 5.74) is 0.593. The summed E-state index contributed by atoms with van der Waals surface area (Å²) >= 11 is 0. The number of aromatic amines is 1. The van der Waals surface area contributed by atoms with Gasteiger partial charge in [0.05, 0.1) is 0 Å². The van der Waals surface area contributed by atoms with Gasteiger partial charge in [0.25, 0.3) is 5.91 Å². The molecule has 1 atom stereocenters. The molecule has 1 aromatic rings. The molecule has 2 fully saturated rings. The van der Waals surface area contributed by atoms with Crippen molar-refractivity contribution in [3.63, 3.8) is 0 Å². The number of hydrogen-bond donors (Lipinski definition) is 2. The number of carbonyl (C=O) groups is 1. The van der Waals surface area contributed by atoms with Crippen LogP contribution >= 0.6 is 12.4 Å². The Hall–Kier alpha value is -1.11. The molecule has 1 amide bonds. The maximum atomic E-state index is 12.2. The number of nitrogens with zero attached hydrogens (tertiary/aromatic N) is 3. The summed E-state index contributed by atoms with van der Waals surface area (Å²) in [7, 11) is 0. The third-order valence-electron chi connectivity index (χ3n) is 3.85. The van der Waals surface area contributed by atoms with Gasteiger partial charge in [0.15, 0.2) is 0 Å². The molecule has 0 spiro atoms. The predicted octanol–water partition coefficient (Wildman–Crippen LogP) is -0.0488. The summed E-state index contributed by atoms with van der Waals surface area (Å²) < 4.78 is 0. The van der Waals surface area contributed by atoms with Crippen LogP contribution in [0.3, 0.4) is 0 Å². The van der Waals surface area contributed by atoms with E-state index in [0.29, 0.717) is 11.7 Å². The van der Waals surface area contributed by atoms with Crippen LogP contribution < -0.4 is 5.32 Å². The van der Waals surface area contributed by atoms with Crippen molar-refractivity contribution in [1.82, 2.24) is 25.3 Å². The number of hydrogen-bond acceptors (Lipinski definition) is 4. The second-order valence-corrected chi connectivity index (χ2v) is 4.95. The van der Waals surface area contributed by atoms with Gasteiger partial charge in [-0.15, -0.1) is 12.4 Å². The number of piperazine rings is 1. The lowest BCUT2D eigenvalue weighted by atomic mass is 10.2. The fourth-order valence-corrected chi connectivity index (χ4v) is 2.82. The van der Waals surface area contributed by atoms with E-state index in [2.05, 4.69) is 20.4 Å². The van der Waals surface area contributed by atoms with Gasteiger partial charge in [0, 0.05) is 51.5 Å². The van der Waals surface area contributed by atoms with E-state index in [4.69, 9.17) is 0 Å². The zero-order valence-corrected chi connectivity index (χ0v) is 11.7. The van der Waals surface area contributed by atoms with Crippen LogP contribution in [-0.4, -0.2) is 71.2 Å². The summed E-state index contributed by atoms with van der Waals surface area (Å²) in [6, 6.07) is 2.26. The van der Waals surface area contributed by atoms with Crippen molar-refractivity contribution in [3.8, 4) is 0 Å². The predicted molar refractivity (Wildman–Crippen MR) is 74.6 cm³/mol. The number of amides is 1. The van der Waals surface area contributed by atoms with Crippen LogP contribution in [0.2, 0.25) is 0 Å². The largest absolute Gasteiger partial charge is 0.336 e. The van der Waals surface area contributed by atoms with E-state index < -0.39 is 0 Å². The second-order valence-electron chi connectivity index (χ2n) is 4.95. The van der Waals surface area contributed by atoms with E-state index in [1.165, 1.54) is 0 Å². The Morgan fingerprint density at radius 1 is 1.32 bits per heavy atom. The first-order valence-corrected chi connectivity index (χ1v) is 6.58. The van der Waals surface area contributed by atoms with Crippen LogP contribution in [0.25, 0.3) is 0 Å². The first-order valence-electron chi connectivity index (χ1n) is 6.58. The Balaban J connectivity index is 0.00000133. The van der Waals surface area contributed by atoms with E-state index in [0.717, 1.165) is 45.7 Å². The second kappa shape index (κ2) is 6.36. The molecule has 106 valence electrons. The molecular formula is C12H20ClN5O. The van der Waals surface area contributed by atoms with E-state index >= 15 is 0 Å². The number of aromatic nitrogens is 2. The van der Waals surface area contributed by atoms with Crippen molar-refractivity contribution >= 4 is 18.3 Å². The first kappa shape index (κ1) is 14.3. The molecule has 0 radical (unpaired) electrons. The quantitative estimate of drug-likeness (QED) is 0.800. The standard InChI is InChI=1S/C12H19N5O.ClH/c18-12(11-1-3-14-15-11)17-6-2-10(9-17)16-7-4-13-5-8-16;/h1,3,10,13H,2,4-9H2,(H,14,15);1H. The molecule has 0 bridgehead atoms. The SMILES string of the molecule is Cl.O=C(c1ccn[nH]1)N1CCC(N2CCNCC2)C1. The van der Waals surface area contributed by atoms with Crippen LogP contribution in [0.4, 0.5) is 0 Å². The molecule has 0 aliphatic carbocycles. The van der Waals surface area contributed by atoms with Gasteiger partial charge in [0.2, 0.25) is 0 Å². The van der Waals surface area contributed by atoms with Gasteiger partial charge >= 0.3 is 0 Å². The lowest BCUT2D eigenvalue weighted by Gasteiger charge is -2.32. The molecule has 1 unspecified atom stereocenters. The summed E-state index contributed by atoms with van der Waals surface area (Å²) in [4.78, 5) is 16.6. The molecule has 2 saturated heterocycles. The molecule has 2 aliphatic rings. The Morgan fingerprint density at radius 3 is 2.79 bits per heavy atom. The monoisotopic (exact) mass is 285 g/mol. The lowest BCUT2D eigenvalue weighted by Crippen LogP contribution is -2.49. The van der Waals surface area contributed by atoms with Gasteiger partial charge in [-0.1, -0.05) is 0 Å². The van der Waals surface area contributed by atoms with Crippen molar-refractivity contribution in [1.29, 1.82) is 0 Å². The molecule has 1 aromatic heterocycles. The molecule has 7 heteroatoms. The summed E-state index contributed by atoms with van der Waals surface area (Å²) in [5.74, 6) is 0.0742. The average molecular weight is 286 g/mol. The number of nitrogens with one attached hydrogen (secondary N) is 2. The van der Waals surface area contributed by atoms with Crippen LogP contribution in [-0.2, 0) is 0 Å². The van der Waals surface area contributed by atoms with E-state index in [1.807, 2.05) is 4.90 Å². The van der Waals surface area contributed by atoms with Crippen LogP contribution in [0, 0.1) is 0 Å². The Kier molecular flexibility index (Phi) is 4.79. The molecular weight excluding hydrogens is 266 g/mol. The van der Waals surface area contributed by atoms with Gasteiger partial charge in [-0.05, 0) is 12.5 Å². The van der Waals surface area contributed by atoms with E-state index in [-0.39, 0.29) is 18.3 Å². The van der Waals surface area contributed by atoms with Gasteiger partial charge < -0.3 is 10.2 Å². The molecule has 3 heterocycles. The molecule has 0 aromatic carbocycles. The smallest absolute Gasteiger partial charge is 0.271 e. The van der Waals surface area contributed by atoms with Crippen molar-refractivity contribution in [2.24, 2.45) is 0 Å². The summed E-state index contributed by atoms with van der Waals surface area (Å²) in [6.07, 6.45) is 2.71. The van der Waals surface area contributed by atoms with Crippen molar-refractivity contribution in [2.45, 2.75) is 12.5 Å². The van der Waals surface area contributed by atoms with Crippen molar-refractivity contribution in [3.05, 3.63) is 18.0 Å². The Morgan fingerprint density at radius 2 is 2.11 bits per heavy atom. The fraction of sp³-hybridized carbons (Fsp3) is 0.667. The highest BCUT2D eigenvalue weighted by Crippen LogP contribution is 2.17. The normalized spacial score (nSPS) is 24.2. The minimum atomic E-state index is 0. The first-order chi connectivity index (χ1) is 8.84. The maximum Gasteiger partial charge on any atom is 0.271 e. The van der Waals surface area contributed by atoms with Crippen LogP contribution in [0.1, 0.15) is 16.9 Å².